The highest BCUT2D eigenvalue weighted by Gasteiger charge is 2.52. The van der Waals surface area contributed by atoms with Crippen LogP contribution in [0.25, 0.3) is 5.69 Å². The van der Waals surface area contributed by atoms with Crippen LogP contribution < -0.4 is 5.32 Å². The predicted octanol–water partition coefficient (Wildman–Crippen LogP) is 2.47. The number of pyridine rings is 2. The maximum Gasteiger partial charge on any atom is 0.237 e. The molecule has 120 valence electrons. The lowest BCUT2D eigenvalue weighted by Gasteiger charge is -2.13. The Morgan fingerprint density at radius 3 is 2.75 bits per heavy atom. The molecule has 0 aromatic carbocycles. The number of amides is 1. The number of hydrogen-bond donors (Lipinski definition) is 1. The fraction of sp³-hybridized carbons (Fsp3) is 0.176. The summed E-state index contributed by atoms with van der Waals surface area (Å²) in [4.78, 5) is 20.4. The van der Waals surface area contributed by atoms with Crippen molar-refractivity contribution in [2.75, 3.05) is 5.32 Å². The van der Waals surface area contributed by atoms with E-state index in [0.29, 0.717) is 11.5 Å². The van der Waals surface area contributed by atoms with Crippen LogP contribution in [-0.4, -0.2) is 25.7 Å². The summed E-state index contributed by atoms with van der Waals surface area (Å²) in [5, 5.41) is 7.09. The van der Waals surface area contributed by atoms with Crippen LogP contribution in [0.1, 0.15) is 18.5 Å². The Morgan fingerprint density at radius 1 is 1.17 bits per heavy atom. The van der Waals surface area contributed by atoms with E-state index in [1.807, 2.05) is 18.2 Å². The first-order chi connectivity index (χ1) is 11.7. The summed E-state index contributed by atoms with van der Waals surface area (Å²) in [5.74, 6) is -0.285. The molecule has 1 fully saturated rings. The SMILES string of the molecule is O=C(Nc1ccn(-c2ccnc(F)c2)n1)C1(c2ccccn2)CC1. The zero-order valence-corrected chi connectivity index (χ0v) is 12.7. The summed E-state index contributed by atoms with van der Waals surface area (Å²) in [7, 11) is 0. The van der Waals surface area contributed by atoms with E-state index in [1.165, 1.54) is 16.9 Å². The van der Waals surface area contributed by atoms with Gasteiger partial charge < -0.3 is 5.32 Å². The highest BCUT2D eigenvalue weighted by Crippen LogP contribution is 2.48. The number of carbonyl (C=O) groups is 1. The van der Waals surface area contributed by atoms with Gasteiger partial charge in [0.05, 0.1) is 16.8 Å². The molecule has 6 nitrogen and oxygen atoms in total. The molecule has 0 aliphatic heterocycles. The van der Waals surface area contributed by atoms with Crippen molar-refractivity contribution in [3.8, 4) is 5.69 Å². The average Bonchev–Trinajstić information content (AvgIpc) is 3.29. The molecule has 0 saturated heterocycles. The third-order valence-electron chi connectivity index (χ3n) is 4.15. The number of aromatic nitrogens is 4. The molecule has 0 spiro atoms. The van der Waals surface area contributed by atoms with E-state index in [1.54, 1.807) is 24.5 Å². The first-order valence-electron chi connectivity index (χ1n) is 7.58. The second-order valence-corrected chi connectivity index (χ2v) is 5.73. The zero-order chi connectivity index (χ0) is 16.6. The lowest BCUT2D eigenvalue weighted by Crippen LogP contribution is -2.28. The topological polar surface area (TPSA) is 72.7 Å². The van der Waals surface area contributed by atoms with Gasteiger partial charge in [-0.1, -0.05) is 6.07 Å². The van der Waals surface area contributed by atoms with E-state index < -0.39 is 11.4 Å². The summed E-state index contributed by atoms with van der Waals surface area (Å²) in [6, 6.07) is 10.2. The Kier molecular flexibility index (Phi) is 3.34. The minimum absolute atomic E-state index is 0.118. The lowest BCUT2D eigenvalue weighted by atomic mass is 10.0. The third-order valence-corrected chi connectivity index (χ3v) is 4.15. The largest absolute Gasteiger partial charge is 0.308 e. The van der Waals surface area contributed by atoms with Crippen LogP contribution in [0.4, 0.5) is 10.2 Å². The lowest BCUT2D eigenvalue weighted by molar-refractivity contribution is -0.118. The van der Waals surface area contributed by atoms with Crippen molar-refractivity contribution in [3.05, 3.63) is 66.6 Å². The Bertz CT molecular complexity index is 889. The molecule has 1 N–H and O–H groups in total. The van der Waals surface area contributed by atoms with Gasteiger partial charge in [0.25, 0.3) is 0 Å². The molecular weight excluding hydrogens is 309 g/mol. The zero-order valence-electron chi connectivity index (χ0n) is 12.7. The summed E-state index contributed by atoms with van der Waals surface area (Å²) >= 11 is 0. The molecular formula is C17H14FN5O. The maximum atomic E-state index is 13.2. The Hall–Kier alpha value is -3.09. The number of carbonyl (C=O) groups excluding carboxylic acids is 1. The summed E-state index contributed by atoms with van der Waals surface area (Å²) in [5.41, 5.74) is 0.750. The Balaban J connectivity index is 1.53. The van der Waals surface area contributed by atoms with E-state index in [-0.39, 0.29) is 5.91 Å². The molecule has 3 aromatic heterocycles. The third kappa shape index (κ3) is 2.54. The molecule has 1 amide bonds. The molecule has 24 heavy (non-hydrogen) atoms. The van der Waals surface area contributed by atoms with Crippen LogP contribution in [0, 0.1) is 5.95 Å². The van der Waals surface area contributed by atoms with Crippen LogP contribution >= 0.6 is 0 Å². The van der Waals surface area contributed by atoms with Gasteiger partial charge in [0.2, 0.25) is 11.9 Å². The van der Waals surface area contributed by atoms with Crippen molar-refractivity contribution in [3.63, 3.8) is 0 Å². The minimum Gasteiger partial charge on any atom is -0.308 e. The average molecular weight is 323 g/mol. The quantitative estimate of drug-likeness (QED) is 0.749. The van der Waals surface area contributed by atoms with Gasteiger partial charge in [0, 0.05) is 30.7 Å². The van der Waals surface area contributed by atoms with Crippen molar-refractivity contribution < 1.29 is 9.18 Å². The fourth-order valence-corrected chi connectivity index (χ4v) is 2.68. The molecule has 3 heterocycles. The molecule has 0 radical (unpaired) electrons. The molecule has 0 bridgehead atoms. The highest BCUT2D eigenvalue weighted by molar-refractivity contribution is 6.00. The van der Waals surface area contributed by atoms with Crippen molar-refractivity contribution >= 4 is 11.7 Å². The van der Waals surface area contributed by atoms with Gasteiger partial charge in [0.15, 0.2) is 5.82 Å². The molecule has 4 rings (SSSR count). The summed E-state index contributed by atoms with van der Waals surface area (Å²) < 4.78 is 14.7. The number of nitrogens with zero attached hydrogens (tertiary/aromatic N) is 4. The maximum absolute atomic E-state index is 13.2. The second-order valence-electron chi connectivity index (χ2n) is 5.73. The van der Waals surface area contributed by atoms with Gasteiger partial charge in [-0.05, 0) is 31.0 Å². The second kappa shape index (κ2) is 5.52. The van der Waals surface area contributed by atoms with Crippen molar-refractivity contribution in [1.29, 1.82) is 0 Å². The Morgan fingerprint density at radius 2 is 2.04 bits per heavy atom. The number of nitrogens with one attached hydrogen (secondary N) is 1. The summed E-state index contributed by atoms with van der Waals surface area (Å²) in [6.45, 7) is 0. The van der Waals surface area contributed by atoms with Gasteiger partial charge >= 0.3 is 0 Å². The van der Waals surface area contributed by atoms with Crippen LogP contribution in [0.5, 0.6) is 0 Å². The van der Waals surface area contributed by atoms with Crippen LogP contribution in [0.15, 0.2) is 55.0 Å². The molecule has 1 saturated carbocycles. The monoisotopic (exact) mass is 323 g/mol. The normalized spacial score (nSPS) is 15.0. The van der Waals surface area contributed by atoms with Gasteiger partial charge in [-0.2, -0.15) is 9.49 Å². The van der Waals surface area contributed by atoms with E-state index >= 15 is 0 Å². The molecule has 0 atom stereocenters. The summed E-state index contributed by atoms with van der Waals surface area (Å²) in [6.07, 6.45) is 6.25. The number of anilines is 1. The molecule has 1 aliphatic rings. The van der Waals surface area contributed by atoms with Gasteiger partial charge in [-0.15, -0.1) is 0 Å². The van der Waals surface area contributed by atoms with Gasteiger partial charge in [-0.3, -0.25) is 9.78 Å². The van der Waals surface area contributed by atoms with Crippen molar-refractivity contribution in [2.24, 2.45) is 0 Å². The smallest absolute Gasteiger partial charge is 0.237 e. The molecule has 3 aromatic rings. The van der Waals surface area contributed by atoms with E-state index in [4.69, 9.17) is 0 Å². The number of hydrogen-bond acceptors (Lipinski definition) is 4. The van der Waals surface area contributed by atoms with Crippen LogP contribution in [0.3, 0.4) is 0 Å². The first kappa shape index (κ1) is 14.5. The van der Waals surface area contributed by atoms with Crippen molar-refractivity contribution in [2.45, 2.75) is 18.3 Å². The standard InChI is InChI=1S/C17H14FN5O/c18-14-11-12(4-9-20-14)23-10-5-15(22-23)21-16(24)17(6-7-17)13-3-1-2-8-19-13/h1-5,8-11H,6-7H2,(H,21,22,24). The van der Waals surface area contributed by atoms with Crippen molar-refractivity contribution in [1.82, 2.24) is 19.7 Å². The van der Waals surface area contributed by atoms with E-state index in [0.717, 1.165) is 18.5 Å². The van der Waals surface area contributed by atoms with Gasteiger partial charge in [-0.25, -0.2) is 9.67 Å². The van der Waals surface area contributed by atoms with E-state index in [2.05, 4.69) is 20.4 Å². The number of rotatable bonds is 4. The highest BCUT2D eigenvalue weighted by atomic mass is 19.1. The molecule has 7 heteroatoms. The predicted molar refractivity (Wildman–Crippen MR) is 85.1 cm³/mol. The minimum atomic E-state index is -0.583. The molecule has 0 unspecified atom stereocenters. The molecule has 1 aliphatic carbocycles. The Labute approximate surface area is 137 Å². The van der Waals surface area contributed by atoms with E-state index in [9.17, 15) is 9.18 Å². The van der Waals surface area contributed by atoms with Crippen LogP contribution in [0.2, 0.25) is 0 Å². The van der Waals surface area contributed by atoms with Gasteiger partial charge in [0.1, 0.15) is 0 Å². The number of halogens is 1. The van der Waals surface area contributed by atoms with Crippen LogP contribution in [-0.2, 0) is 10.2 Å². The first-order valence-corrected chi connectivity index (χ1v) is 7.58. The fourth-order valence-electron chi connectivity index (χ4n) is 2.68.